The van der Waals surface area contributed by atoms with Crippen LogP contribution in [0.4, 0.5) is 0 Å². The minimum absolute atomic E-state index is 0.407. The van der Waals surface area contributed by atoms with Crippen molar-refractivity contribution < 1.29 is 14.6 Å². The van der Waals surface area contributed by atoms with E-state index < -0.39 is 12.1 Å². The summed E-state index contributed by atoms with van der Waals surface area (Å²) >= 11 is 0. The fourth-order valence-electron chi connectivity index (χ4n) is 0.681. The first-order valence-corrected chi connectivity index (χ1v) is 3.50. The number of carboxylic acids is 1. The number of aliphatic carboxylic acids is 1. The maximum absolute atomic E-state index is 10.4. The number of aromatic amines is 1. The van der Waals surface area contributed by atoms with Crippen LogP contribution in [0.25, 0.3) is 0 Å². The fourth-order valence-corrected chi connectivity index (χ4v) is 0.681. The summed E-state index contributed by atoms with van der Waals surface area (Å²) in [6.07, 6.45) is 0.716. The molecule has 0 fully saturated rings. The summed E-state index contributed by atoms with van der Waals surface area (Å²) in [4.78, 5) is 10.4. The summed E-state index contributed by atoms with van der Waals surface area (Å²) in [7, 11) is 0. The Morgan fingerprint density at radius 3 is 2.92 bits per heavy atom. The third-order valence-corrected chi connectivity index (χ3v) is 1.42. The van der Waals surface area contributed by atoms with Gasteiger partial charge in [-0.3, -0.25) is 0 Å². The number of aromatic nitrogens is 2. The van der Waals surface area contributed by atoms with Crippen LogP contribution in [0.5, 0.6) is 5.88 Å². The summed E-state index contributed by atoms with van der Waals surface area (Å²) < 4.78 is 5.03. The van der Waals surface area contributed by atoms with Crippen molar-refractivity contribution >= 4 is 5.97 Å². The van der Waals surface area contributed by atoms with E-state index >= 15 is 0 Å². The third-order valence-electron chi connectivity index (χ3n) is 1.42. The number of rotatable bonds is 3. The van der Waals surface area contributed by atoms with Crippen molar-refractivity contribution in [3.63, 3.8) is 0 Å². The van der Waals surface area contributed by atoms with Crippen LogP contribution >= 0.6 is 0 Å². The summed E-state index contributed by atoms with van der Waals surface area (Å²) in [5.41, 5.74) is 0.795. The molecule has 0 saturated heterocycles. The van der Waals surface area contributed by atoms with Gasteiger partial charge in [0, 0.05) is 5.56 Å². The Hall–Kier alpha value is -1.52. The Bertz CT molecular complexity index is 282. The SMILES string of the molecule is Cc1cn[nH]c1OC(C)C(=O)O. The summed E-state index contributed by atoms with van der Waals surface area (Å²) in [5, 5.41) is 14.8. The van der Waals surface area contributed by atoms with Crippen LogP contribution in [0, 0.1) is 6.92 Å². The van der Waals surface area contributed by atoms with Gasteiger partial charge in [-0.1, -0.05) is 0 Å². The molecule has 0 aliphatic heterocycles. The van der Waals surface area contributed by atoms with Gasteiger partial charge < -0.3 is 9.84 Å². The second-order valence-corrected chi connectivity index (χ2v) is 2.48. The number of hydrogen-bond donors (Lipinski definition) is 2. The van der Waals surface area contributed by atoms with E-state index in [4.69, 9.17) is 9.84 Å². The molecule has 0 saturated carbocycles. The van der Waals surface area contributed by atoms with Gasteiger partial charge in [0.05, 0.1) is 6.20 Å². The van der Waals surface area contributed by atoms with Crippen LogP contribution in [0.2, 0.25) is 0 Å². The van der Waals surface area contributed by atoms with Gasteiger partial charge in [0.25, 0.3) is 0 Å². The standard InChI is InChI=1S/C7H10N2O3/c1-4-3-8-9-6(4)12-5(2)7(10)11/h3,5H,1-2H3,(H,8,9)(H,10,11). The predicted octanol–water partition coefficient (Wildman–Crippen LogP) is 0.570. The highest BCUT2D eigenvalue weighted by atomic mass is 16.5. The van der Waals surface area contributed by atoms with Crippen molar-refractivity contribution in [3.8, 4) is 5.88 Å². The zero-order valence-electron chi connectivity index (χ0n) is 6.87. The molecule has 1 rings (SSSR count). The Morgan fingerprint density at radius 1 is 1.83 bits per heavy atom. The van der Waals surface area contributed by atoms with E-state index in [1.165, 1.54) is 6.92 Å². The molecule has 1 heterocycles. The van der Waals surface area contributed by atoms with Gasteiger partial charge in [0.15, 0.2) is 6.10 Å². The molecule has 1 aromatic heterocycles. The first-order chi connectivity index (χ1) is 5.61. The molecule has 0 amide bonds. The van der Waals surface area contributed by atoms with Crippen molar-refractivity contribution in [1.82, 2.24) is 10.2 Å². The second-order valence-electron chi connectivity index (χ2n) is 2.48. The van der Waals surface area contributed by atoms with Crippen molar-refractivity contribution in [2.45, 2.75) is 20.0 Å². The fraction of sp³-hybridized carbons (Fsp3) is 0.429. The van der Waals surface area contributed by atoms with E-state index in [0.29, 0.717) is 5.88 Å². The van der Waals surface area contributed by atoms with Gasteiger partial charge in [0.2, 0.25) is 5.88 Å². The summed E-state index contributed by atoms with van der Waals surface area (Å²) in [6.45, 7) is 3.25. The number of ether oxygens (including phenoxy) is 1. The predicted molar refractivity (Wildman–Crippen MR) is 41.1 cm³/mol. The third kappa shape index (κ3) is 1.75. The zero-order valence-corrected chi connectivity index (χ0v) is 6.87. The van der Waals surface area contributed by atoms with E-state index in [1.54, 1.807) is 13.1 Å². The molecule has 12 heavy (non-hydrogen) atoms. The number of aryl methyl sites for hydroxylation is 1. The van der Waals surface area contributed by atoms with Crippen molar-refractivity contribution in [2.24, 2.45) is 0 Å². The average Bonchev–Trinajstić information content (AvgIpc) is 2.36. The topological polar surface area (TPSA) is 75.2 Å². The Balaban J connectivity index is 2.64. The Morgan fingerprint density at radius 2 is 2.50 bits per heavy atom. The number of carbonyl (C=O) groups is 1. The molecule has 66 valence electrons. The monoisotopic (exact) mass is 170 g/mol. The van der Waals surface area contributed by atoms with E-state index in [1.807, 2.05) is 0 Å². The lowest BCUT2D eigenvalue weighted by Crippen LogP contribution is -2.23. The van der Waals surface area contributed by atoms with Gasteiger partial charge in [-0.05, 0) is 13.8 Å². The summed E-state index contributed by atoms with van der Waals surface area (Å²) in [6, 6.07) is 0. The highest BCUT2D eigenvalue weighted by Gasteiger charge is 2.14. The zero-order chi connectivity index (χ0) is 9.14. The molecule has 0 aromatic carbocycles. The number of nitrogens with one attached hydrogen (secondary N) is 1. The molecular formula is C7H10N2O3. The minimum atomic E-state index is -0.996. The molecule has 1 unspecified atom stereocenters. The highest BCUT2D eigenvalue weighted by molar-refractivity contribution is 5.72. The molecular weight excluding hydrogens is 160 g/mol. The van der Waals surface area contributed by atoms with Gasteiger partial charge >= 0.3 is 5.97 Å². The van der Waals surface area contributed by atoms with Crippen molar-refractivity contribution in [2.75, 3.05) is 0 Å². The molecule has 0 spiro atoms. The number of H-pyrrole nitrogens is 1. The molecule has 1 atom stereocenters. The second kappa shape index (κ2) is 3.25. The molecule has 5 heteroatoms. The van der Waals surface area contributed by atoms with E-state index in [-0.39, 0.29) is 0 Å². The van der Waals surface area contributed by atoms with Crippen LogP contribution in [0.3, 0.4) is 0 Å². The first kappa shape index (κ1) is 8.58. The number of nitrogens with zero attached hydrogens (tertiary/aromatic N) is 1. The maximum Gasteiger partial charge on any atom is 0.344 e. The van der Waals surface area contributed by atoms with Crippen LogP contribution < -0.4 is 4.74 Å². The van der Waals surface area contributed by atoms with Crippen LogP contribution in [-0.2, 0) is 4.79 Å². The van der Waals surface area contributed by atoms with Crippen LogP contribution in [0.1, 0.15) is 12.5 Å². The van der Waals surface area contributed by atoms with Gasteiger partial charge in [0.1, 0.15) is 0 Å². The van der Waals surface area contributed by atoms with Crippen LogP contribution in [0.15, 0.2) is 6.20 Å². The van der Waals surface area contributed by atoms with E-state index in [0.717, 1.165) is 5.56 Å². The molecule has 0 bridgehead atoms. The smallest absolute Gasteiger partial charge is 0.344 e. The molecule has 1 aromatic rings. The van der Waals surface area contributed by atoms with E-state index in [9.17, 15) is 4.79 Å². The van der Waals surface area contributed by atoms with Crippen molar-refractivity contribution in [3.05, 3.63) is 11.8 Å². The normalized spacial score (nSPS) is 12.5. The molecule has 5 nitrogen and oxygen atoms in total. The Labute approximate surface area is 69.4 Å². The van der Waals surface area contributed by atoms with Gasteiger partial charge in [-0.15, -0.1) is 0 Å². The van der Waals surface area contributed by atoms with Gasteiger partial charge in [-0.25, -0.2) is 9.89 Å². The lowest BCUT2D eigenvalue weighted by molar-refractivity contribution is -0.144. The molecule has 0 aliphatic carbocycles. The summed E-state index contributed by atoms with van der Waals surface area (Å²) in [5.74, 6) is -0.589. The van der Waals surface area contributed by atoms with Crippen molar-refractivity contribution in [1.29, 1.82) is 0 Å². The van der Waals surface area contributed by atoms with E-state index in [2.05, 4.69) is 10.2 Å². The quantitative estimate of drug-likeness (QED) is 0.695. The minimum Gasteiger partial charge on any atom is -0.479 e. The lowest BCUT2D eigenvalue weighted by Gasteiger charge is -2.07. The maximum atomic E-state index is 10.4. The highest BCUT2D eigenvalue weighted by Crippen LogP contribution is 2.13. The molecule has 0 aliphatic rings. The Kier molecular flexibility index (Phi) is 2.32. The first-order valence-electron chi connectivity index (χ1n) is 3.50. The van der Waals surface area contributed by atoms with Crippen LogP contribution in [-0.4, -0.2) is 27.4 Å². The number of hydrogen-bond acceptors (Lipinski definition) is 3. The molecule has 0 radical (unpaired) electrons. The van der Waals surface area contributed by atoms with Gasteiger partial charge in [-0.2, -0.15) is 5.10 Å². The average molecular weight is 170 g/mol. The number of carboxylic acid groups (broad SMARTS) is 1. The largest absolute Gasteiger partial charge is 0.479 e. The molecule has 2 N–H and O–H groups in total. The lowest BCUT2D eigenvalue weighted by atomic mass is 10.4.